The monoisotopic (exact) mass is 282 g/mol. The zero-order chi connectivity index (χ0) is 14.9. The number of halogens is 2. The molecule has 108 valence electrons. The first-order valence-corrected chi connectivity index (χ1v) is 6.50. The topological polar surface area (TPSA) is 49.4 Å². The number of nitrogens with zero attached hydrogens (tertiary/aromatic N) is 1. The van der Waals surface area contributed by atoms with Crippen LogP contribution < -0.4 is 10.2 Å². The first-order valence-electron chi connectivity index (χ1n) is 6.50. The zero-order valence-electron chi connectivity index (χ0n) is 11.4. The Bertz CT molecular complexity index is 558. The summed E-state index contributed by atoms with van der Waals surface area (Å²) in [6, 6.07) is 1.96. The first-order chi connectivity index (χ1) is 9.41. The average Bonchev–Trinajstić information content (AvgIpc) is 2.58. The van der Waals surface area contributed by atoms with Crippen molar-refractivity contribution in [1.82, 2.24) is 5.32 Å². The number of ketones is 1. The number of hydrogen-bond donors (Lipinski definition) is 1. The summed E-state index contributed by atoms with van der Waals surface area (Å²) >= 11 is 0. The molecule has 0 fully saturated rings. The number of rotatable bonds is 5. The van der Waals surface area contributed by atoms with E-state index in [0.29, 0.717) is 25.1 Å². The predicted octanol–water partition coefficient (Wildman–Crippen LogP) is 1.88. The highest BCUT2D eigenvalue weighted by Crippen LogP contribution is 2.31. The molecule has 0 aliphatic carbocycles. The summed E-state index contributed by atoms with van der Waals surface area (Å²) in [7, 11) is 0. The fraction of sp³-hybridized carbons (Fsp3) is 0.429. The second kappa shape index (κ2) is 5.66. The molecule has 0 atom stereocenters. The lowest BCUT2D eigenvalue weighted by Crippen LogP contribution is -2.33. The SMILES string of the molecule is CC(C)NCCCN1C(=O)C(=O)c2c(F)cc(F)cc21. The number of Topliss-reactive ketones (excluding diaryl/α,β-unsaturated/α-hetero) is 1. The van der Waals surface area contributed by atoms with E-state index in [4.69, 9.17) is 0 Å². The van der Waals surface area contributed by atoms with Crippen molar-refractivity contribution in [3.63, 3.8) is 0 Å². The average molecular weight is 282 g/mol. The van der Waals surface area contributed by atoms with E-state index < -0.39 is 23.3 Å². The van der Waals surface area contributed by atoms with E-state index in [1.54, 1.807) is 0 Å². The number of hydrogen-bond acceptors (Lipinski definition) is 3. The van der Waals surface area contributed by atoms with Crippen molar-refractivity contribution in [3.05, 3.63) is 29.3 Å². The summed E-state index contributed by atoms with van der Waals surface area (Å²) in [4.78, 5) is 24.7. The molecule has 20 heavy (non-hydrogen) atoms. The first kappa shape index (κ1) is 14.6. The second-order valence-corrected chi connectivity index (χ2v) is 5.03. The van der Waals surface area contributed by atoms with Gasteiger partial charge in [-0.1, -0.05) is 13.8 Å². The normalized spacial score (nSPS) is 14.3. The molecule has 1 heterocycles. The molecule has 1 aliphatic heterocycles. The molecule has 6 heteroatoms. The third kappa shape index (κ3) is 2.70. The van der Waals surface area contributed by atoms with Crippen LogP contribution in [0.2, 0.25) is 0 Å². The molecule has 1 amide bonds. The molecule has 2 rings (SSSR count). The Morgan fingerprint density at radius 3 is 2.60 bits per heavy atom. The Kier molecular flexibility index (Phi) is 4.13. The van der Waals surface area contributed by atoms with Gasteiger partial charge >= 0.3 is 0 Å². The minimum absolute atomic E-state index is 0.0297. The largest absolute Gasteiger partial charge is 0.314 e. The highest BCUT2D eigenvalue weighted by Gasteiger charge is 2.38. The summed E-state index contributed by atoms with van der Waals surface area (Å²) in [5, 5.41) is 3.17. The minimum atomic E-state index is -0.985. The van der Waals surface area contributed by atoms with Crippen LogP contribution in [0.1, 0.15) is 30.6 Å². The summed E-state index contributed by atoms with van der Waals surface area (Å²) in [5.41, 5.74) is -0.296. The quantitative estimate of drug-likeness (QED) is 0.662. The maximum atomic E-state index is 13.6. The maximum Gasteiger partial charge on any atom is 0.299 e. The number of anilines is 1. The molecule has 0 aromatic heterocycles. The number of carbonyl (C=O) groups is 2. The molecular weight excluding hydrogens is 266 g/mol. The van der Waals surface area contributed by atoms with Crippen LogP contribution in [0.3, 0.4) is 0 Å². The number of fused-ring (bicyclic) bond motifs is 1. The standard InChI is InChI=1S/C14H16F2N2O2/c1-8(2)17-4-3-5-18-11-7-9(15)6-10(16)12(11)13(19)14(18)20/h6-8,17H,3-5H2,1-2H3. The Morgan fingerprint density at radius 2 is 1.95 bits per heavy atom. The van der Waals surface area contributed by atoms with Gasteiger partial charge in [0.05, 0.1) is 11.3 Å². The summed E-state index contributed by atoms with van der Waals surface area (Å²) in [5.74, 6) is -3.49. The lowest BCUT2D eigenvalue weighted by Gasteiger charge is -2.17. The van der Waals surface area contributed by atoms with E-state index in [0.717, 1.165) is 11.0 Å². The van der Waals surface area contributed by atoms with Gasteiger partial charge in [-0.2, -0.15) is 0 Å². The lowest BCUT2D eigenvalue weighted by molar-refractivity contribution is -0.114. The van der Waals surface area contributed by atoms with Gasteiger partial charge in [-0.3, -0.25) is 9.59 Å². The van der Waals surface area contributed by atoms with E-state index >= 15 is 0 Å². The predicted molar refractivity (Wildman–Crippen MR) is 70.8 cm³/mol. The van der Waals surface area contributed by atoms with Gasteiger partial charge in [0.15, 0.2) is 0 Å². The van der Waals surface area contributed by atoms with Crippen molar-refractivity contribution in [2.24, 2.45) is 0 Å². The van der Waals surface area contributed by atoms with Crippen molar-refractivity contribution in [3.8, 4) is 0 Å². The van der Waals surface area contributed by atoms with Crippen LogP contribution in [0.4, 0.5) is 14.5 Å². The van der Waals surface area contributed by atoms with Gasteiger partial charge in [-0.15, -0.1) is 0 Å². The zero-order valence-corrected chi connectivity index (χ0v) is 11.4. The van der Waals surface area contributed by atoms with Gasteiger partial charge in [0.25, 0.3) is 11.7 Å². The summed E-state index contributed by atoms with van der Waals surface area (Å²) < 4.78 is 26.8. The van der Waals surface area contributed by atoms with Crippen LogP contribution in [0.15, 0.2) is 12.1 Å². The van der Waals surface area contributed by atoms with Crippen molar-refractivity contribution in [1.29, 1.82) is 0 Å². The van der Waals surface area contributed by atoms with E-state index in [9.17, 15) is 18.4 Å². The lowest BCUT2D eigenvalue weighted by atomic mass is 10.1. The number of carbonyl (C=O) groups excluding carboxylic acids is 2. The van der Waals surface area contributed by atoms with Crippen LogP contribution in [-0.2, 0) is 4.79 Å². The summed E-state index contributed by atoms with van der Waals surface area (Å²) in [6.45, 7) is 4.89. The van der Waals surface area contributed by atoms with Gasteiger partial charge in [0.2, 0.25) is 0 Å². The van der Waals surface area contributed by atoms with Crippen LogP contribution in [-0.4, -0.2) is 30.8 Å². The Balaban J connectivity index is 2.16. The molecular formula is C14H16F2N2O2. The van der Waals surface area contributed by atoms with E-state index in [1.807, 2.05) is 13.8 Å². The van der Waals surface area contributed by atoms with Gasteiger partial charge in [0, 0.05) is 18.7 Å². The van der Waals surface area contributed by atoms with E-state index in [-0.39, 0.29) is 17.8 Å². The molecule has 0 radical (unpaired) electrons. The number of benzene rings is 1. The Morgan fingerprint density at radius 1 is 1.25 bits per heavy atom. The number of amides is 1. The molecule has 1 aliphatic rings. The van der Waals surface area contributed by atoms with Gasteiger partial charge in [0.1, 0.15) is 11.6 Å². The molecule has 0 bridgehead atoms. The third-order valence-electron chi connectivity index (χ3n) is 3.10. The van der Waals surface area contributed by atoms with Gasteiger partial charge in [-0.05, 0) is 19.0 Å². The van der Waals surface area contributed by atoms with Crippen molar-refractivity contribution >= 4 is 17.4 Å². The minimum Gasteiger partial charge on any atom is -0.314 e. The molecule has 0 saturated heterocycles. The fourth-order valence-electron chi connectivity index (χ4n) is 2.19. The highest BCUT2D eigenvalue weighted by molar-refractivity contribution is 6.52. The number of nitrogens with one attached hydrogen (secondary N) is 1. The third-order valence-corrected chi connectivity index (χ3v) is 3.10. The molecule has 0 spiro atoms. The summed E-state index contributed by atoms with van der Waals surface area (Å²) in [6.07, 6.45) is 0.592. The molecule has 1 N–H and O–H groups in total. The van der Waals surface area contributed by atoms with Crippen LogP contribution >= 0.6 is 0 Å². The van der Waals surface area contributed by atoms with E-state index in [2.05, 4.69) is 5.32 Å². The van der Waals surface area contributed by atoms with Gasteiger partial charge in [-0.25, -0.2) is 8.78 Å². The molecule has 0 unspecified atom stereocenters. The van der Waals surface area contributed by atoms with Crippen molar-refractivity contribution < 1.29 is 18.4 Å². The van der Waals surface area contributed by atoms with Crippen molar-refractivity contribution in [2.45, 2.75) is 26.3 Å². The van der Waals surface area contributed by atoms with E-state index in [1.165, 1.54) is 0 Å². The second-order valence-electron chi connectivity index (χ2n) is 5.03. The van der Waals surface area contributed by atoms with Gasteiger partial charge < -0.3 is 10.2 Å². The highest BCUT2D eigenvalue weighted by atomic mass is 19.1. The van der Waals surface area contributed by atoms with Crippen LogP contribution in [0.5, 0.6) is 0 Å². The smallest absolute Gasteiger partial charge is 0.299 e. The Hall–Kier alpha value is -1.82. The molecule has 0 saturated carbocycles. The van der Waals surface area contributed by atoms with Crippen LogP contribution in [0, 0.1) is 11.6 Å². The van der Waals surface area contributed by atoms with Crippen LogP contribution in [0.25, 0.3) is 0 Å². The molecule has 4 nitrogen and oxygen atoms in total. The molecule has 1 aromatic rings. The maximum absolute atomic E-state index is 13.6. The fourth-order valence-corrected chi connectivity index (χ4v) is 2.19. The molecule has 1 aromatic carbocycles. The Labute approximate surface area is 115 Å². The van der Waals surface area contributed by atoms with Crippen molar-refractivity contribution in [2.75, 3.05) is 18.0 Å².